The number of amides is 1. The van der Waals surface area contributed by atoms with Crippen molar-refractivity contribution in [3.8, 4) is 0 Å². The number of carbonyl (C=O) groups is 1. The van der Waals surface area contributed by atoms with Crippen molar-refractivity contribution in [3.05, 3.63) is 12.1 Å². The first-order valence-corrected chi connectivity index (χ1v) is 6.73. The lowest BCUT2D eigenvalue weighted by Gasteiger charge is -2.16. The van der Waals surface area contributed by atoms with Gasteiger partial charge in [0.1, 0.15) is 5.82 Å². The van der Waals surface area contributed by atoms with Crippen molar-refractivity contribution < 1.29 is 9.53 Å². The molecule has 0 aliphatic heterocycles. The van der Waals surface area contributed by atoms with E-state index >= 15 is 0 Å². The van der Waals surface area contributed by atoms with Crippen LogP contribution in [-0.2, 0) is 4.74 Å². The van der Waals surface area contributed by atoms with Gasteiger partial charge in [0.05, 0.1) is 7.11 Å². The molecule has 0 aromatic carbocycles. The fourth-order valence-electron chi connectivity index (χ4n) is 2.26. The van der Waals surface area contributed by atoms with E-state index < -0.39 is 6.09 Å². The van der Waals surface area contributed by atoms with Crippen molar-refractivity contribution in [3.63, 3.8) is 0 Å². The molecule has 6 nitrogen and oxygen atoms in total. The summed E-state index contributed by atoms with van der Waals surface area (Å²) in [5.74, 6) is 1.14. The first kappa shape index (κ1) is 13.6. The molecule has 1 saturated carbocycles. The van der Waals surface area contributed by atoms with Gasteiger partial charge in [-0.1, -0.05) is 25.7 Å². The molecule has 0 saturated heterocycles. The van der Waals surface area contributed by atoms with Crippen LogP contribution in [0.2, 0.25) is 0 Å². The van der Waals surface area contributed by atoms with E-state index in [2.05, 4.69) is 25.6 Å². The fourth-order valence-corrected chi connectivity index (χ4v) is 2.26. The third-order valence-electron chi connectivity index (χ3n) is 3.29. The number of rotatable bonds is 3. The fraction of sp³-hybridized carbons (Fsp3) is 0.615. The van der Waals surface area contributed by atoms with Gasteiger partial charge in [-0.15, -0.1) is 10.2 Å². The zero-order valence-electron chi connectivity index (χ0n) is 11.2. The van der Waals surface area contributed by atoms with Gasteiger partial charge < -0.3 is 10.1 Å². The van der Waals surface area contributed by atoms with Crippen LogP contribution in [0.5, 0.6) is 0 Å². The summed E-state index contributed by atoms with van der Waals surface area (Å²) in [6.45, 7) is 0. The molecule has 1 aliphatic rings. The van der Waals surface area contributed by atoms with Crippen LogP contribution in [0.1, 0.15) is 38.5 Å². The monoisotopic (exact) mass is 264 g/mol. The number of methoxy groups -OCH3 is 1. The molecule has 1 fully saturated rings. The summed E-state index contributed by atoms with van der Waals surface area (Å²) in [5, 5.41) is 13.9. The Hall–Kier alpha value is -1.85. The Labute approximate surface area is 112 Å². The van der Waals surface area contributed by atoms with Gasteiger partial charge in [-0.3, -0.25) is 5.32 Å². The molecule has 0 unspecified atom stereocenters. The van der Waals surface area contributed by atoms with Gasteiger partial charge in [0.2, 0.25) is 0 Å². The van der Waals surface area contributed by atoms with Gasteiger partial charge in [-0.05, 0) is 25.0 Å². The molecule has 1 heterocycles. The van der Waals surface area contributed by atoms with Gasteiger partial charge in [-0.25, -0.2) is 4.79 Å². The molecule has 0 bridgehead atoms. The van der Waals surface area contributed by atoms with Crippen LogP contribution in [0.3, 0.4) is 0 Å². The average molecular weight is 264 g/mol. The van der Waals surface area contributed by atoms with E-state index in [1.54, 1.807) is 6.07 Å². The molecule has 1 aromatic rings. The van der Waals surface area contributed by atoms with Gasteiger partial charge in [0, 0.05) is 6.04 Å². The van der Waals surface area contributed by atoms with Crippen molar-refractivity contribution in [2.24, 2.45) is 0 Å². The summed E-state index contributed by atoms with van der Waals surface area (Å²) in [6.07, 6.45) is 7.02. The lowest BCUT2D eigenvalue weighted by molar-refractivity contribution is 0.187. The zero-order valence-corrected chi connectivity index (χ0v) is 11.2. The largest absolute Gasteiger partial charge is 0.453 e. The predicted molar refractivity (Wildman–Crippen MR) is 73.2 cm³/mol. The first-order valence-electron chi connectivity index (χ1n) is 6.73. The lowest BCUT2D eigenvalue weighted by atomic mass is 10.1. The van der Waals surface area contributed by atoms with E-state index in [0.717, 1.165) is 5.82 Å². The number of aromatic nitrogens is 2. The van der Waals surface area contributed by atoms with Crippen LogP contribution in [0.25, 0.3) is 0 Å². The second-order valence-electron chi connectivity index (χ2n) is 4.75. The molecule has 19 heavy (non-hydrogen) atoms. The van der Waals surface area contributed by atoms with Crippen LogP contribution < -0.4 is 10.6 Å². The molecular weight excluding hydrogens is 244 g/mol. The molecule has 0 atom stereocenters. The average Bonchev–Trinajstić information content (AvgIpc) is 2.69. The van der Waals surface area contributed by atoms with E-state index in [0.29, 0.717) is 11.9 Å². The second-order valence-corrected chi connectivity index (χ2v) is 4.75. The van der Waals surface area contributed by atoms with Crippen LogP contribution in [0, 0.1) is 0 Å². The highest BCUT2D eigenvalue weighted by molar-refractivity contribution is 5.83. The lowest BCUT2D eigenvalue weighted by Crippen LogP contribution is -2.19. The summed E-state index contributed by atoms with van der Waals surface area (Å²) in [4.78, 5) is 11.0. The topological polar surface area (TPSA) is 76.1 Å². The number of anilines is 2. The Morgan fingerprint density at radius 2 is 1.79 bits per heavy atom. The van der Waals surface area contributed by atoms with E-state index in [1.807, 2.05) is 6.07 Å². The maximum absolute atomic E-state index is 11.0. The Kier molecular flexibility index (Phi) is 4.94. The predicted octanol–water partition coefficient (Wildman–Crippen LogP) is 2.79. The summed E-state index contributed by atoms with van der Waals surface area (Å²) >= 11 is 0. The van der Waals surface area contributed by atoms with Gasteiger partial charge in [0.15, 0.2) is 5.82 Å². The van der Waals surface area contributed by atoms with Crippen molar-refractivity contribution >= 4 is 17.7 Å². The highest BCUT2D eigenvalue weighted by atomic mass is 16.5. The number of carbonyl (C=O) groups excluding carboxylic acids is 1. The van der Waals surface area contributed by atoms with Crippen LogP contribution >= 0.6 is 0 Å². The van der Waals surface area contributed by atoms with Gasteiger partial charge >= 0.3 is 6.09 Å². The van der Waals surface area contributed by atoms with Crippen molar-refractivity contribution in [1.29, 1.82) is 0 Å². The maximum atomic E-state index is 11.0. The van der Waals surface area contributed by atoms with E-state index in [4.69, 9.17) is 0 Å². The molecule has 6 heteroatoms. The molecule has 0 radical (unpaired) electrons. The van der Waals surface area contributed by atoms with Crippen molar-refractivity contribution in [2.45, 2.75) is 44.6 Å². The second kappa shape index (κ2) is 6.92. The number of hydrogen-bond acceptors (Lipinski definition) is 5. The van der Waals surface area contributed by atoms with Crippen LogP contribution in [0.15, 0.2) is 12.1 Å². The third kappa shape index (κ3) is 4.39. The minimum absolute atomic E-state index is 0.387. The molecule has 0 spiro atoms. The molecule has 1 aromatic heterocycles. The van der Waals surface area contributed by atoms with Gasteiger partial charge in [0.25, 0.3) is 0 Å². The van der Waals surface area contributed by atoms with Gasteiger partial charge in [-0.2, -0.15) is 0 Å². The minimum Gasteiger partial charge on any atom is -0.453 e. The molecule has 1 aliphatic carbocycles. The summed E-state index contributed by atoms with van der Waals surface area (Å²) in [7, 11) is 1.31. The molecular formula is C13H20N4O2. The number of nitrogens with one attached hydrogen (secondary N) is 2. The Balaban J connectivity index is 1.88. The molecule has 2 N–H and O–H groups in total. The number of nitrogens with zero attached hydrogens (tertiary/aromatic N) is 2. The molecule has 2 rings (SSSR count). The smallest absolute Gasteiger partial charge is 0.412 e. The molecule has 1 amide bonds. The maximum Gasteiger partial charge on any atom is 0.412 e. The van der Waals surface area contributed by atoms with Crippen LogP contribution in [-0.4, -0.2) is 29.4 Å². The Bertz CT molecular complexity index is 400. The summed E-state index contributed by atoms with van der Waals surface area (Å²) in [5.41, 5.74) is 0. The van der Waals surface area contributed by atoms with Crippen molar-refractivity contribution in [2.75, 3.05) is 17.7 Å². The zero-order chi connectivity index (χ0) is 13.5. The quantitative estimate of drug-likeness (QED) is 0.821. The normalized spacial score (nSPS) is 16.5. The Morgan fingerprint density at radius 3 is 2.37 bits per heavy atom. The highest BCUT2D eigenvalue weighted by Gasteiger charge is 2.12. The standard InChI is InChI=1S/C13H20N4O2/c1-19-13(18)15-12-9-8-11(16-17-12)14-10-6-4-2-3-5-7-10/h8-10H,2-7H2,1H3,(H,14,16)(H,15,17,18). The first-order chi connectivity index (χ1) is 9.28. The summed E-state index contributed by atoms with van der Waals surface area (Å²) in [6, 6.07) is 4.02. The Morgan fingerprint density at radius 1 is 1.16 bits per heavy atom. The molecule has 104 valence electrons. The third-order valence-corrected chi connectivity index (χ3v) is 3.29. The SMILES string of the molecule is COC(=O)Nc1ccc(NC2CCCCCC2)nn1. The minimum atomic E-state index is -0.543. The van der Waals surface area contributed by atoms with E-state index in [9.17, 15) is 4.79 Å². The van der Waals surface area contributed by atoms with E-state index in [1.165, 1.54) is 45.6 Å². The highest BCUT2D eigenvalue weighted by Crippen LogP contribution is 2.20. The number of hydrogen-bond donors (Lipinski definition) is 2. The number of ether oxygens (including phenoxy) is 1. The van der Waals surface area contributed by atoms with Crippen molar-refractivity contribution in [1.82, 2.24) is 10.2 Å². The van der Waals surface area contributed by atoms with Crippen LogP contribution in [0.4, 0.5) is 16.4 Å². The summed E-state index contributed by atoms with van der Waals surface area (Å²) < 4.78 is 4.49. The van der Waals surface area contributed by atoms with E-state index in [-0.39, 0.29) is 0 Å².